The summed E-state index contributed by atoms with van der Waals surface area (Å²) < 4.78 is 5.81. The Balaban J connectivity index is 1.43. The zero-order chi connectivity index (χ0) is 15.8. The molecule has 0 bridgehead atoms. The third kappa shape index (κ3) is 2.97. The van der Waals surface area contributed by atoms with E-state index >= 15 is 0 Å². The maximum atomic E-state index is 5.81. The fourth-order valence-corrected chi connectivity index (χ4v) is 4.63. The number of aliphatic imine (C=N–C) groups is 2. The molecular weight excluding hydrogens is 304 g/mol. The van der Waals surface area contributed by atoms with Gasteiger partial charge in [-0.05, 0) is 18.1 Å². The molecular formula is C19H22N2OS. The number of nitrogens with zero attached hydrogens (tertiary/aromatic N) is 2. The summed E-state index contributed by atoms with van der Waals surface area (Å²) in [7, 11) is 0. The van der Waals surface area contributed by atoms with E-state index in [1.165, 1.54) is 10.6 Å². The molecule has 2 aliphatic heterocycles. The first-order valence-corrected chi connectivity index (χ1v) is 9.32. The number of rotatable bonds is 4. The highest BCUT2D eigenvalue weighted by molar-refractivity contribution is 8.15. The molecule has 3 nitrogen and oxygen atoms in total. The van der Waals surface area contributed by atoms with Crippen LogP contribution in [0.1, 0.15) is 26.7 Å². The van der Waals surface area contributed by atoms with E-state index in [-0.39, 0.29) is 12.1 Å². The summed E-state index contributed by atoms with van der Waals surface area (Å²) in [5, 5.41) is 1.78. The summed E-state index contributed by atoms with van der Waals surface area (Å²) in [5.41, 5.74) is 1.35. The number of ether oxygens (including phenoxy) is 1. The normalized spacial score (nSPS) is 35.1. The summed E-state index contributed by atoms with van der Waals surface area (Å²) in [4.78, 5) is 9.56. The molecule has 0 N–H and O–H groups in total. The van der Waals surface area contributed by atoms with Gasteiger partial charge in [-0.3, -0.25) is 4.99 Å². The first kappa shape index (κ1) is 15.0. The van der Waals surface area contributed by atoms with Crippen LogP contribution in [0.3, 0.4) is 0 Å². The summed E-state index contributed by atoms with van der Waals surface area (Å²) in [6, 6.07) is 0.506. The van der Waals surface area contributed by atoms with Crippen LogP contribution in [-0.4, -0.2) is 34.4 Å². The zero-order valence-corrected chi connectivity index (χ0v) is 14.4. The van der Waals surface area contributed by atoms with Gasteiger partial charge in [0, 0.05) is 12.3 Å². The maximum absolute atomic E-state index is 5.81. The molecule has 0 aromatic carbocycles. The lowest BCUT2D eigenvalue weighted by Gasteiger charge is -2.19. The topological polar surface area (TPSA) is 34.0 Å². The first-order chi connectivity index (χ1) is 11.2. The van der Waals surface area contributed by atoms with E-state index < -0.39 is 0 Å². The molecule has 0 fully saturated rings. The van der Waals surface area contributed by atoms with E-state index in [1.807, 2.05) is 11.8 Å². The van der Waals surface area contributed by atoms with E-state index in [2.05, 4.69) is 61.4 Å². The average molecular weight is 326 g/mol. The summed E-state index contributed by atoms with van der Waals surface area (Å²) in [5.74, 6) is 1.34. The predicted octanol–water partition coefficient (Wildman–Crippen LogP) is 4.09. The Hall–Kier alpha value is -1.55. The molecule has 0 saturated carbocycles. The van der Waals surface area contributed by atoms with E-state index in [1.54, 1.807) is 0 Å². The quantitative estimate of drug-likeness (QED) is 0.779. The largest absolute Gasteiger partial charge is 0.471 e. The predicted molar refractivity (Wildman–Crippen MR) is 98.3 cm³/mol. The van der Waals surface area contributed by atoms with Crippen molar-refractivity contribution in [2.45, 2.75) is 50.1 Å². The van der Waals surface area contributed by atoms with Crippen molar-refractivity contribution >= 4 is 22.7 Å². The highest BCUT2D eigenvalue weighted by Gasteiger charge is 2.32. The molecule has 23 heavy (non-hydrogen) atoms. The van der Waals surface area contributed by atoms with Crippen LogP contribution in [0.2, 0.25) is 0 Å². The standard InChI is InChI=1S/C19H22N2OS/c1-3-18-20-15-11-13(8-9-16(15)22-18)10-12(2)19-21-14-6-4-5-7-17(14)23-19/h4-9,11-12,14-17H,3,10H2,1-2H3. The molecule has 2 heterocycles. The first-order valence-electron chi connectivity index (χ1n) is 8.44. The second-order valence-corrected chi connectivity index (χ2v) is 7.66. The molecule has 0 amide bonds. The van der Waals surface area contributed by atoms with Gasteiger partial charge in [-0.2, -0.15) is 0 Å². The Kier molecular flexibility index (Phi) is 4.02. The van der Waals surface area contributed by atoms with Crippen molar-refractivity contribution < 1.29 is 4.74 Å². The molecule has 2 aliphatic carbocycles. The highest BCUT2D eigenvalue weighted by atomic mass is 32.2. The maximum Gasteiger partial charge on any atom is 0.184 e. The van der Waals surface area contributed by atoms with Crippen molar-refractivity contribution in [2.24, 2.45) is 15.9 Å². The van der Waals surface area contributed by atoms with Crippen LogP contribution >= 0.6 is 11.8 Å². The van der Waals surface area contributed by atoms with Crippen LogP contribution in [0.4, 0.5) is 0 Å². The van der Waals surface area contributed by atoms with Gasteiger partial charge < -0.3 is 4.74 Å². The van der Waals surface area contributed by atoms with Crippen LogP contribution in [0.15, 0.2) is 58.1 Å². The van der Waals surface area contributed by atoms with Gasteiger partial charge in [0.15, 0.2) is 5.90 Å². The minimum absolute atomic E-state index is 0.111. The molecule has 5 atom stereocenters. The molecule has 0 spiro atoms. The van der Waals surface area contributed by atoms with Crippen molar-refractivity contribution in [3.63, 3.8) is 0 Å². The number of thioether (sulfide) groups is 1. The molecule has 5 unspecified atom stereocenters. The number of allylic oxidation sites excluding steroid dienone is 4. The van der Waals surface area contributed by atoms with E-state index in [0.29, 0.717) is 17.2 Å². The van der Waals surface area contributed by atoms with Crippen LogP contribution < -0.4 is 0 Å². The van der Waals surface area contributed by atoms with Crippen LogP contribution in [0.25, 0.3) is 0 Å². The molecule has 0 radical (unpaired) electrons. The van der Waals surface area contributed by atoms with Crippen LogP contribution in [0.5, 0.6) is 0 Å². The van der Waals surface area contributed by atoms with Gasteiger partial charge in [0.05, 0.1) is 16.3 Å². The molecule has 0 aromatic heterocycles. The van der Waals surface area contributed by atoms with E-state index in [0.717, 1.165) is 18.7 Å². The number of hydrogen-bond acceptors (Lipinski definition) is 4. The fraction of sp³-hybridized carbons (Fsp3) is 0.474. The van der Waals surface area contributed by atoms with Gasteiger partial charge in [-0.1, -0.05) is 50.3 Å². The number of hydrogen-bond donors (Lipinski definition) is 0. The van der Waals surface area contributed by atoms with Crippen molar-refractivity contribution in [2.75, 3.05) is 0 Å². The third-order valence-electron chi connectivity index (χ3n) is 4.64. The van der Waals surface area contributed by atoms with Gasteiger partial charge >= 0.3 is 0 Å². The average Bonchev–Trinajstić information content (AvgIpc) is 3.17. The summed E-state index contributed by atoms with van der Waals surface area (Å²) in [6.07, 6.45) is 17.4. The lowest BCUT2D eigenvalue weighted by atomic mass is 9.94. The van der Waals surface area contributed by atoms with Gasteiger partial charge in [-0.15, -0.1) is 11.8 Å². The minimum atomic E-state index is 0.111. The molecule has 4 heteroatoms. The summed E-state index contributed by atoms with van der Waals surface area (Å²) in [6.45, 7) is 4.37. The smallest absolute Gasteiger partial charge is 0.184 e. The SMILES string of the molecule is CCC1=NC2C=C(CC(C)C3=NC4C=CC=CC4S3)C=CC2O1. The van der Waals surface area contributed by atoms with Crippen molar-refractivity contribution in [1.82, 2.24) is 0 Å². The van der Waals surface area contributed by atoms with Crippen LogP contribution in [0, 0.1) is 5.92 Å². The molecule has 4 aliphatic rings. The Labute approximate surface area is 142 Å². The Morgan fingerprint density at radius 3 is 2.87 bits per heavy atom. The molecule has 0 saturated heterocycles. The van der Waals surface area contributed by atoms with Crippen molar-refractivity contribution in [1.29, 1.82) is 0 Å². The monoisotopic (exact) mass is 326 g/mol. The third-order valence-corrected chi connectivity index (χ3v) is 6.10. The zero-order valence-electron chi connectivity index (χ0n) is 13.6. The van der Waals surface area contributed by atoms with E-state index in [4.69, 9.17) is 9.73 Å². The lowest BCUT2D eigenvalue weighted by molar-refractivity contribution is 0.248. The fourth-order valence-electron chi connectivity index (χ4n) is 3.39. The Bertz CT molecular complexity index is 671. The van der Waals surface area contributed by atoms with Gasteiger partial charge in [0.25, 0.3) is 0 Å². The second kappa shape index (κ2) is 6.16. The van der Waals surface area contributed by atoms with E-state index in [9.17, 15) is 0 Å². The lowest BCUT2D eigenvalue weighted by Crippen LogP contribution is -2.21. The molecule has 120 valence electrons. The van der Waals surface area contributed by atoms with Crippen molar-refractivity contribution in [3.05, 3.63) is 48.1 Å². The molecule has 4 rings (SSSR count). The second-order valence-electron chi connectivity index (χ2n) is 6.47. The minimum Gasteiger partial charge on any atom is -0.471 e. The Morgan fingerprint density at radius 1 is 1.17 bits per heavy atom. The molecule has 0 aromatic rings. The van der Waals surface area contributed by atoms with Gasteiger partial charge in [-0.25, -0.2) is 4.99 Å². The highest BCUT2D eigenvalue weighted by Crippen LogP contribution is 2.36. The Morgan fingerprint density at radius 2 is 2.04 bits per heavy atom. The summed E-state index contributed by atoms with van der Waals surface area (Å²) >= 11 is 1.92. The van der Waals surface area contributed by atoms with Crippen LogP contribution in [-0.2, 0) is 4.74 Å². The van der Waals surface area contributed by atoms with Gasteiger partial charge in [0.2, 0.25) is 0 Å². The van der Waals surface area contributed by atoms with Gasteiger partial charge in [0.1, 0.15) is 12.1 Å². The number of fused-ring (bicyclic) bond motifs is 2. The van der Waals surface area contributed by atoms with Crippen molar-refractivity contribution in [3.8, 4) is 0 Å².